The maximum atomic E-state index is 5.97. The second-order valence-corrected chi connectivity index (χ2v) is 5.92. The molecule has 2 heterocycles. The quantitative estimate of drug-likeness (QED) is 0.913. The monoisotopic (exact) mass is 274 g/mol. The fourth-order valence-corrected chi connectivity index (χ4v) is 3.39. The van der Waals surface area contributed by atoms with Gasteiger partial charge in [-0.25, -0.2) is 0 Å². The van der Waals surface area contributed by atoms with Crippen molar-refractivity contribution in [3.8, 4) is 0 Å². The molecular formula is C17H26N2O. The van der Waals surface area contributed by atoms with Crippen LogP contribution in [0.4, 0.5) is 5.69 Å². The van der Waals surface area contributed by atoms with E-state index in [-0.39, 0.29) is 0 Å². The third kappa shape index (κ3) is 2.99. The number of anilines is 1. The van der Waals surface area contributed by atoms with E-state index in [1.54, 1.807) is 5.56 Å². The summed E-state index contributed by atoms with van der Waals surface area (Å²) in [7, 11) is 0. The Labute approximate surface area is 122 Å². The highest BCUT2D eigenvalue weighted by Gasteiger charge is 2.23. The summed E-state index contributed by atoms with van der Waals surface area (Å²) >= 11 is 0. The van der Waals surface area contributed by atoms with E-state index in [4.69, 9.17) is 4.74 Å². The number of nitrogens with one attached hydrogen (secondary N) is 1. The zero-order valence-electron chi connectivity index (χ0n) is 12.5. The molecule has 0 amide bonds. The first kappa shape index (κ1) is 13.9. The van der Waals surface area contributed by atoms with Gasteiger partial charge in [-0.2, -0.15) is 0 Å². The number of fused-ring (bicyclic) bond motifs is 1. The Bertz CT molecular complexity index is 447. The van der Waals surface area contributed by atoms with Gasteiger partial charge in [0.05, 0.1) is 6.10 Å². The fourth-order valence-electron chi connectivity index (χ4n) is 3.39. The zero-order chi connectivity index (χ0) is 13.8. The SMILES string of the molecule is CCCOC1CCCN(c2cccc3c2CCNC3)C1. The first-order valence-electron chi connectivity index (χ1n) is 8.06. The van der Waals surface area contributed by atoms with Crippen molar-refractivity contribution in [1.29, 1.82) is 0 Å². The Morgan fingerprint density at radius 2 is 2.35 bits per heavy atom. The van der Waals surface area contributed by atoms with Crippen molar-refractivity contribution in [3.05, 3.63) is 29.3 Å². The third-order valence-electron chi connectivity index (χ3n) is 4.39. The second-order valence-electron chi connectivity index (χ2n) is 5.92. The topological polar surface area (TPSA) is 24.5 Å². The van der Waals surface area contributed by atoms with Gasteiger partial charge in [-0.3, -0.25) is 0 Å². The number of piperidine rings is 1. The number of nitrogens with zero attached hydrogens (tertiary/aromatic N) is 1. The lowest BCUT2D eigenvalue weighted by molar-refractivity contribution is 0.0440. The van der Waals surface area contributed by atoms with E-state index in [0.717, 1.165) is 39.1 Å². The lowest BCUT2D eigenvalue weighted by atomic mass is 9.97. The normalized spacial score (nSPS) is 22.6. The van der Waals surface area contributed by atoms with E-state index >= 15 is 0 Å². The molecule has 1 aromatic rings. The molecule has 0 aliphatic carbocycles. The summed E-state index contributed by atoms with van der Waals surface area (Å²) in [6.07, 6.45) is 5.15. The second kappa shape index (κ2) is 6.59. The fraction of sp³-hybridized carbons (Fsp3) is 0.647. The molecule has 1 atom stereocenters. The van der Waals surface area contributed by atoms with Crippen molar-refractivity contribution in [2.45, 2.75) is 45.3 Å². The van der Waals surface area contributed by atoms with E-state index in [2.05, 4.69) is 35.3 Å². The summed E-state index contributed by atoms with van der Waals surface area (Å²) in [5.41, 5.74) is 4.49. The van der Waals surface area contributed by atoms with Crippen molar-refractivity contribution in [1.82, 2.24) is 5.32 Å². The Hall–Kier alpha value is -1.06. The van der Waals surface area contributed by atoms with E-state index in [1.807, 2.05) is 0 Å². The first-order chi connectivity index (χ1) is 9.88. The molecule has 0 aromatic heterocycles. The predicted octanol–water partition coefficient (Wildman–Crippen LogP) is 2.73. The average Bonchev–Trinajstić information content (AvgIpc) is 2.52. The molecule has 2 aliphatic heterocycles. The first-order valence-corrected chi connectivity index (χ1v) is 8.06. The number of ether oxygens (including phenoxy) is 1. The molecule has 0 saturated carbocycles. The van der Waals surface area contributed by atoms with Crippen LogP contribution in [0.5, 0.6) is 0 Å². The molecule has 1 unspecified atom stereocenters. The van der Waals surface area contributed by atoms with Gasteiger partial charge >= 0.3 is 0 Å². The zero-order valence-corrected chi connectivity index (χ0v) is 12.5. The van der Waals surface area contributed by atoms with E-state index in [9.17, 15) is 0 Å². The Balaban J connectivity index is 1.75. The van der Waals surface area contributed by atoms with Gasteiger partial charge in [0.2, 0.25) is 0 Å². The minimum atomic E-state index is 0.418. The van der Waals surface area contributed by atoms with Gasteiger partial charge in [0.1, 0.15) is 0 Å². The molecule has 1 saturated heterocycles. The van der Waals surface area contributed by atoms with Gasteiger partial charge in [-0.05, 0) is 49.4 Å². The number of benzene rings is 1. The highest BCUT2D eigenvalue weighted by molar-refractivity contribution is 5.58. The maximum Gasteiger partial charge on any atom is 0.0750 e. The van der Waals surface area contributed by atoms with Gasteiger partial charge in [-0.15, -0.1) is 0 Å². The van der Waals surface area contributed by atoms with Crippen LogP contribution in [0.25, 0.3) is 0 Å². The summed E-state index contributed by atoms with van der Waals surface area (Å²) in [5, 5.41) is 3.46. The Morgan fingerprint density at radius 1 is 1.40 bits per heavy atom. The van der Waals surface area contributed by atoms with Crippen molar-refractivity contribution in [3.63, 3.8) is 0 Å². The molecule has 2 aliphatic rings. The number of hydrogen-bond donors (Lipinski definition) is 1. The molecule has 1 fully saturated rings. The van der Waals surface area contributed by atoms with Gasteiger partial charge in [-0.1, -0.05) is 19.1 Å². The lowest BCUT2D eigenvalue weighted by Gasteiger charge is -2.36. The summed E-state index contributed by atoms with van der Waals surface area (Å²) in [4.78, 5) is 2.55. The average molecular weight is 274 g/mol. The summed E-state index contributed by atoms with van der Waals surface area (Å²) in [6.45, 7) is 7.44. The van der Waals surface area contributed by atoms with Crippen LogP contribution in [0.2, 0.25) is 0 Å². The van der Waals surface area contributed by atoms with E-state index < -0.39 is 0 Å². The summed E-state index contributed by atoms with van der Waals surface area (Å²) in [5.74, 6) is 0. The van der Waals surface area contributed by atoms with Crippen LogP contribution < -0.4 is 10.2 Å². The van der Waals surface area contributed by atoms with Crippen molar-refractivity contribution in [2.75, 3.05) is 31.1 Å². The van der Waals surface area contributed by atoms with Crippen LogP contribution in [0.15, 0.2) is 18.2 Å². The van der Waals surface area contributed by atoms with Crippen LogP contribution in [-0.4, -0.2) is 32.3 Å². The smallest absolute Gasteiger partial charge is 0.0750 e. The molecule has 3 heteroatoms. The lowest BCUT2D eigenvalue weighted by Crippen LogP contribution is -2.41. The highest BCUT2D eigenvalue weighted by atomic mass is 16.5. The standard InChI is InChI=1S/C17H26N2O/c1-2-11-20-15-6-4-10-19(13-15)17-7-3-5-14-12-18-9-8-16(14)17/h3,5,7,15,18H,2,4,6,8-13H2,1H3. The molecule has 1 aromatic carbocycles. The van der Waals surface area contributed by atoms with Crippen LogP contribution in [0.1, 0.15) is 37.3 Å². The molecule has 3 nitrogen and oxygen atoms in total. The number of rotatable bonds is 4. The molecule has 1 N–H and O–H groups in total. The van der Waals surface area contributed by atoms with E-state index in [0.29, 0.717) is 6.10 Å². The largest absolute Gasteiger partial charge is 0.376 e. The summed E-state index contributed by atoms with van der Waals surface area (Å²) in [6, 6.07) is 6.77. The highest BCUT2D eigenvalue weighted by Crippen LogP contribution is 2.29. The van der Waals surface area contributed by atoms with E-state index in [1.165, 1.54) is 30.6 Å². The Morgan fingerprint density at radius 3 is 3.25 bits per heavy atom. The van der Waals surface area contributed by atoms with Crippen molar-refractivity contribution < 1.29 is 4.74 Å². The molecular weight excluding hydrogens is 248 g/mol. The minimum Gasteiger partial charge on any atom is -0.376 e. The van der Waals surface area contributed by atoms with Gasteiger partial charge < -0.3 is 15.0 Å². The maximum absolute atomic E-state index is 5.97. The Kier molecular flexibility index (Phi) is 4.58. The molecule has 0 bridgehead atoms. The molecule has 110 valence electrons. The van der Waals surface area contributed by atoms with Gasteiger partial charge in [0.25, 0.3) is 0 Å². The van der Waals surface area contributed by atoms with Crippen molar-refractivity contribution in [2.24, 2.45) is 0 Å². The minimum absolute atomic E-state index is 0.418. The molecule has 3 rings (SSSR count). The summed E-state index contributed by atoms with van der Waals surface area (Å²) < 4.78 is 5.97. The molecule has 0 radical (unpaired) electrons. The third-order valence-corrected chi connectivity index (χ3v) is 4.39. The molecule has 0 spiro atoms. The van der Waals surface area contributed by atoms with Crippen LogP contribution in [0.3, 0.4) is 0 Å². The number of hydrogen-bond acceptors (Lipinski definition) is 3. The van der Waals surface area contributed by atoms with Crippen molar-refractivity contribution >= 4 is 5.69 Å². The van der Waals surface area contributed by atoms with Crippen LogP contribution in [0, 0.1) is 0 Å². The van der Waals surface area contributed by atoms with Gasteiger partial charge in [0, 0.05) is 31.9 Å². The van der Waals surface area contributed by atoms with Crippen LogP contribution >= 0.6 is 0 Å². The predicted molar refractivity (Wildman–Crippen MR) is 83.3 cm³/mol. The molecule has 20 heavy (non-hydrogen) atoms. The van der Waals surface area contributed by atoms with Gasteiger partial charge in [0.15, 0.2) is 0 Å². The van der Waals surface area contributed by atoms with Crippen LogP contribution in [-0.2, 0) is 17.7 Å².